The van der Waals surface area contributed by atoms with Crippen molar-refractivity contribution in [2.75, 3.05) is 19.6 Å². The summed E-state index contributed by atoms with van der Waals surface area (Å²) < 4.78 is 1.77. The number of nitrogens with zero attached hydrogens (tertiary/aromatic N) is 4. The molecule has 6 nitrogen and oxygen atoms in total. The Bertz CT molecular complexity index is 762. The minimum Gasteiger partial charge on any atom is -0.347 e. The lowest BCUT2D eigenvalue weighted by molar-refractivity contribution is 0.0904. The average Bonchev–Trinajstić information content (AvgIpc) is 3.09. The van der Waals surface area contributed by atoms with Crippen LogP contribution in [0.25, 0.3) is 5.52 Å². The van der Waals surface area contributed by atoms with E-state index >= 15 is 0 Å². The third-order valence-electron chi connectivity index (χ3n) is 4.64. The van der Waals surface area contributed by atoms with Crippen LogP contribution in [0.2, 0.25) is 0 Å². The van der Waals surface area contributed by atoms with Crippen molar-refractivity contribution >= 4 is 11.4 Å². The van der Waals surface area contributed by atoms with E-state index in [4.69, 9.17) is 5.26 Å². The molecule has 0 radical (unpaired) electrons. The molecule has 4 rings (SSSR count). The summed E-state index contributed by atoms with van der Waals surface area (Å²) in [6, 6.07) is 4.06. The number of aromatic nitrogens is 2. The van der Waals surface area contributed by atoms with Crippen molar-refractivity contribution in [3.8, 4) is 6.07 Å². The summed E-state index contributed by atoms with van der Waals surface area (Å²) >= 11 is 0. The van der Waals surface area contributed by atoms with Crippen molar-refractivity contribution in [2.24, 2.45) is 5.92 Å². The fraction of sp³-hybridized carbons (Fsp3) is 0.438. The Balaban J connectivity index is 1.51. The molecule has 2 aromatic rings. The largest absolute Gasteiger partial charge is 0.347 e. The highest BCUT2D eigenvalue weighted by Crippen LogP contribution is 2.26. The van der Waals surface area contributed by atoms with Gasteiger partial charge >= 0.3 is 0 Å². The molecule has 4 heterocycles. The Labute approximate surface area is 128 Å². The lowest BCUT2D eigenvalue weighted by Crippen LogP contribution is -2.47. The van der Waals surface area contributed by atoms with Gasteiger partial charge in [-0.3, -0.25) is 4.79 Å². The third-order valence-corrected chi connectivity index (χ3v) is 4.64. The molecule has 0 spiro atoms. The highest BCUT2D eigenvalue weighted by molar-refractivity contribution is 5.92. The minimum atomic E-state index is -0.137. The molecule has 6 heteroatoms. The van der Waals surface area contributed by atoms with Gasteiger partial charge in [0.2, 0.25) is 0 Å². The van der Waals surface area contributed by atoms with Crippen molar-refractivity contribution in [2.45, 2.75) is 18.9 Å². The molecule has 2 aromatic heterocycles. The molecule has 112 valence electrons. The summed E-state index contributed by atoms with van der Waals surface area (Å²) in [5, 5.41) is 12.0. The molecular formula is C16H17N5O. The van der Waals surface area contributed by atoms with Gasteiger partial charge in [0.05, 0.1) is 17.3 Å². The van der Waals surface area contributed by atoms with Gasteiger partial charge in [-0.1, -0.05) is 0 Å². The summed E-state index contributed by atoms with van der Waals surface area (Å²) in [7, 11) is 0. The second-order valence-electron chi connectivity index (χ2n) is 6.27. The first kappa shape index (κ1) is 13.3. The maximum absolute atomic E-state index is 12.4. The first-order chi connectivity index (χ1) is 10.7. The lowest BCUT2D eigenvalue weighted by atomic mass is 9.97. The number of nitriles is 1. The predicted octanol–water partition coefficient (Wildman–Crippen LogP) is 1.03. The molecule has 2 bridgehead atoms. The average molecular weight is 295 g/mol. The number of hydrogen-bond acceptors (Lipinski definition) is 4. The van der Waals surface area contributed by atoms with Gasteiger partial charge in [0.25, 0.3) is 5.91 Å². The quantitative estimate of drug-likeness (QED) is 0.898. The molecule has 0 saturated carbocycles. The number of carbonyl (C=O) groups is 1. The smallest absolute Gasteiger partial charge is 0.271 e. The third kappa shape index (κ3) is 2.34. The Kier molecular flexibility index (Phi) is 3.09. The number of carbonyl (C=O) groups excluding carboxylic acids is 1. The summed E-state index contributed by atoms with van der Waals surface area (Å²) in [4.78, 5) is 19.0. The second-order valence-corrected chi connectivity index (χ2v) is 6.27. The molecule has 0 aromatic carbocycles. The first-order valence-corrected chi connectivity index (χ1v) is 7.62. The molecule has 2 aliphatic rings. The number of piperidine rings is 1. The van der Waals surface area contributed by atoms with Crippen LogP contribution in [0.4, 0.5) is 0 Å². The van der Waals surface area contributed by atoms with Crippen molar-refractivity contribution in [3.63, 3.8) is 0 Å². The molecule has 1 N–H and O–H groups in total. The van der Waals surface area contributed by atoms with Crippen LogP contribution in [0.3, 0.4) is 0 Å². The van der Waals surface area contributed by atoms with Crippen molar-refractivity contribution in [1.29, 1.82) is 5.26 Å². The van der Waals surface area contributed by atoms with E-state index in [0.717, 1.165) is 30.9 Å². The van der Waals surface area contributed by atoms with Crippen LogP contribution in [0.15, 0.2) is 24.7 Å². The molecule has 22 heavy (non-hydrogen) atoms. The number of rotatable bonds is 2. The fourth-order valence-electron chi connectivity index (χ4n) is 3.61. The SMILES string of the molecule is N#Cc1cc2cnc(C(=O)N[C@@H]3C[C@H]4CCN(C4)C3)cn2c1. The number of amides is 1. The molecule has 0 aliphatic carbocycles. The van der Waals surface area contributed by atoms with E-state index in [1.807, 2.05) is 0 Å². The standard InChI is InChI=1S/C16H17N5O/c17-5-12-4-14-6-18-15(10-21(14)8-12)16(22)19-13-3-11-1-2-20(7-11)9-13/h4,6,8,10-11,13H,1-3,7,9H2,(H,19,22)/t11-,13-/m1/s1. The zero-order valence-corrected chi connectivity index (χ0v) is 12.2. The summed E-state index contributed by atoms with van der Waals surface area (Å²) in [6.45, 7) is 3.27. The first-order valence-electron chi connectivity index (χ1n) is 7.62. The molecule has 2 fully saturated rings. The van der Waals surface area contributed by atoms with E-state index in [1.165, 1.54) is 13.0 Å². The zero-order valence-electron chi connectivity index (χ0n) is 12.2. The number of nitrogens with one attached hydrogen (secondary N) is 1. The highest BCUT2D eigenvalue weighted by atomic mass is 16.2. The van der Waals surface area contributed by atoms with Crippen LogP contribution in [-0.2, 0) is 0 Å². The minimum absolute atomic E-state index is 0.137. The van der Waals surface area contributed by atoms with E-state index in [1.54, 1.807) is 29.1 Å². The van der Waals surface area contributed by atoms with E-state index in [2.05, 4.69) is 21.3 Å². The fourth-order valence-corrected chi connectivity index (χ4v) is 3.61. The summed E-state index contributed by atoms with van der Waals surface area (Å²) in [5.74, 6) is 0.582. The molecule has 2 saturated heterocycles. The Morgan fingerprint density at radius 3 is 3.14 bits per heavy atom. The van der Waals surface area contributed by atoms with Crippen LogP contribution in [0.5, 0.6) is 0 Å². The number of hydrogen-bond donors (Lipinski definition) is 1. The van der Waals surface area contributed by atoms with Crippen LogP contribution in [0.1, 0.15) is 28.9 Å². The van der Waals surface area contributed by atoms with Crippen molar-refractivity contribution < 1.29 is 4.79 Å². The van der Waals surface area contributed by atoms with E-state index in [9.17, 15) is 4.79 Å². The maximum Gasteiger partial charge on any atom is 0.271 e. The molecule has 3 atom stereocenters. The summed E-state index contributed by atoms with van der Waals surface area (Å²) in [5.41, 5.74) is 1.77. The summed E-state index contributed by atoms with van der Waals surface area (Å²) in [6.07, 6.45) is 7.33. The Morgan fingerprint density at radius 1 is 1.41 bits per heavy atom. The maximum atomic E-state index is 12.4. The van der Waals surface area contributed by atoms with Crippen molar-refractivity contribution in [1.82, 2.24) is 19.6 Å². The second kappa shape index (κ2) is 5.11. The van der Waals surface area contributed by atoms with Gasteiger partial charge < -0.3 is 14.6 Å². The Hall–Kier alpha value is -2.39. The van der Waals surface area contributed by atoms with Crippen LogP contribution in [-0.4, -0.2) is 45.9 Å². The van der Waals surface area contributed by atoms with Gasteiger partial charge in [-0.05, 0) is 31.4 Å². The van der Waals surface area contributed by atoms with Gasteiger partial charge in [0.1, 0.15) is 11.8 Å². The predicted molar refractivity (Wildman–Crippen MR) is 80.3 cm³/mol. The topological polar surface area (TPSA) is 73.4 Å². The lowest BCUT2D eigenvalue weighted by Gasteiger charge is -2.30. The molecule has 1 amide bonds. The van der Waals surface area contributed by atoms with Gasteiger partial charge in [-0.2, -0.15) is 5.26 Å². The van der Waals surface area contributed by atoms with Crippen molar-refractivity contribution in [3.05, 3.63) is 35.9 Å². The van der Waals surface area contributed by atoms with Crippen LogP contribution >= 0.6 is 0 Å². The van der Waals surface area contributed by atoms with Gasteiger partial charge in [0, 0.05) is 31.5 Å². The molecule has 2 aliphatic heterocycles. The number of fused-ring (bicyclic) bond motifs is 3. The van der Waals surface area contributed by atoms with E-state index in [-0.39, 0.29) is 11.9 Å². The van der Waals surface area contributed by atoms with E-state index in [0.29, 0.717) is 11.3 Å². The normalized spacial score (nSPS) is 26.8. The van der Waals surface area contributed by atoms with Gasteiger partial charge in [-0.25, -0.2) is 4.98 Å². The Morgan fingerprint density at radius 2 is 2.32 bits per heavy atom. The van der Waals surface area contributed by atoms with E-state index < -0.39 is 0 Å². The molecular weight excluding hydrogens is 278 g/mol. The van der Waals surface area contributed by atoms with Crippen LogP contribution in [0, 0.1) is 17.2 Å². The molecule has 1 unspecified atom stereocenters. The van der Waals surface area contributed by atoms with Gasteiger partial charge in [0.15, 0.2) is 0 Å². The monoisotopic (exact) mass is 295 g/mol. The van der Waals surface area contributed by atoms with Crippen LogP contribution < -0.4 is 5.32 Å². The highest BCUT2D eigenvalue weighted by Gasteiger charge is 2.33. The van der Waals surface area contributed by atoms with Gasteiger partial charge in [-0.15, -0.1) is 0 Å². The zero-order chi connectivity index (χ0) is 15.1.